The molecular weight excluding hydrogens is 352 g/mol. The van der Waals surface area contributed by atoms with Gasteiger partial charge in [-0.2, -0.15) is 0 Å². The average Bonchev–Trinajstić information content (AvgIpc) is 2.72. The zero-order valence-corrected chi connectivity index (χ0v) is 16.8. The molecule has 0 unspecified atom stereocenters. The quantitative estimate of drug-likeness (QED) is 0.691. The Morgan fingerprint density at radius 2 is 1.93 bits per heavy atom. The van der Waals surface area contributed by atoms with E-state index in [1.54, 1.807) is 6.07 Å². The minimum atomic E-state index is -0.333. The molecule has 28 heavy (non-hydrogen) atoms. The van der Waals surface area contributed by atoms with Gasteiger partial charge in [0.2, 0.25) is 0 Å². The summed E-state index contributed by atoms with van der Waals surface area (Å²) in [5.74, 6) is 0.740. The molecule has 0 spiro atoms. The van der Waals surface area contributed by atoms with E-state index < -0.39 is 0 Å². The first-order chi connectivity index (χ1) is 13.5. The first-order valence-electron chi connectivity index (χ1n) is 10.1. The Morgan fingerprint density at radius 3 is 2.68 bits per heavy atom. The molecule has 2 heterocycles. The standard InChI is InChI=1S/C24H28O4/c1-24(2)20-13-12-18(11-9-16-7-5-4-6-8-16)27-22(20)19-15-17(23(25)26-3)10-14-21(19)28-24/h4-8,10,14-15,18,20,22H,9,11-13H2,1-3H3/t18-,20-,22+/m0/s1. The van der Waals surface area contributed by atoms with E-state index in [1.165, 1.54) is 12.7 Å². The maximum absolute atomic E-state index is 12.0. The molecule has 0 amide bonds. The van der Waals surface area contributed by atoms with Crippen molar-refractivity contribution in [1.29, 1.82) is 0 Å². The van der Waals surface area contributed by atoms with Crippen molar-refractivity contribution in [2.24, 2.45) is 5.92 Å². The van der Waals surface area contributed by atoms with Crippen molar-refractivity contribution in [3.63, 3.8) is 0 Å². The monoisotopic (exact) mass is 380 g/mol. The normalized spacial score (nSPS) is 25.2. The van der Waals surface area contributed by atoms with Gasteiger partial charge >= 0.3 is 5.97 Å². The van der Waals surface area contributed by atoms with E-state index in [1.807, 2.05) is 18.2 Å². The fourth-order valence-corrected chi connectivity index (χ4v) is 4.54. The second-order valence-electron chi connectivity index (χ2n) is 8.34. The zero-order chi connectivity index (χ0) is 19.7. The lowest BCUT2D eigenvalue weighted by molar-refractivity contribution is -0.150. The fraction of sp³-hybridized carbons (Fsp3) is 0.458. The van der Waals surface area contributed by atoms with Crippen LogP contribution >= 0.6 is 0 Å². The van der Waals surface area contributed by atoms with Crippen LogP contribution in [0.15, 0.2) is 48.5 Å². The molecule has 2 aliphatic rings. The predicted octanol–water partition coefficient (Wildman–Crippen LogP) is 5.11. The van der Waals surface area contributed by atoms with Crippen molar-refractivity contribution >= 4 is 5.97 Å². The van der Waals surface area contributed by atoms with Gasteiger partial charge in [0.1, 0.15) is 11.4 Å². The van der Waals surface area contributed by atoms with Gasteiger partial charge in [-0.3, -0.25) is 0 Å². The van der Waals surface area contributed by atoms with Crippen LogP contribution in [-0.4, -0.2) is 24.8 Å². The van der Waals surface area contributed by atoms with Crippen LogP contribution in [0.5, 0.6) is 5.75 Å². The van der Waals surface area contributed by atoms with Crippen LogP contribution in [0, 0.1) is 5.92 Å². The molecule has 0 N–H and O–H groups in total. The van der Waals surface area contributed by atoms with Gasteiger partial charge in [-0.25, -0.2) is 4.79 Å². The van der Waals surface area contributed by atoms with Crippen molar-refractivity contribution < 1.29 is 19.0 Å². The summed E-state index contributed by atoms with van der Waals surface area (Å²) in [6.45, 7) is 4.27. The van der Waals surface area contributed by atoms with Gasteiger partial charge in [0.25, 0.3) is 0 Å². The Kier molecular flexibility index (Phi) is 5.15. The van der Waals surface area contributed by atoms with Crippen molar-refractivity contribution in [3.8, 4) is 5.75 Å². The first-order valence-corrected chi connectivity index (χ1v) is 10.1. The highest BCUT2D eigenvalue weighted by Crippen LogP contribution is 2.51. The van der Waals surface area contributed by atoms with E-state index in [9.17, 15) is 4.79 Å². The minimum Gasteiger partial charge on any atom is -0.487 e. The largest absolute Gasteiger partial charge is 0.487 e. The maximum Gasteiger partial charge on any atom is 0.337 e. The summed E-state index contributed by atoms with van der Waals surface area (Å²) in [7, 11) is 1.40. The molecule has 2 aromatic rings. The topological polar surface area (TPSA) is 44.8 Å². The third-order valence-corrected chi connectivity index (χ3v) is 6.11. The maximum atomic E-state index is 12.0. The summed E-state index contributed by atoms with van der Waals surface area (Å²) in [5.41, 5.74) is 2.55. The summed E-state index contributed by atoms with van der Waals surface area (Å²) < 4.78 is 17.8. The van der Waals surface area contributed by atoms with Gasteiger partial charge in [-0.1, -0.05) is 30.3 Å². The number of methoxy groups -OCH3 is 1. The van der Waals surface area contributed by atoms with Gasteiger partial charge in [0, 0.05) is 11.5 Å². The lowest BCUT2D eigenvalue weighted by Gasteiger charge is -2.48. The van der Waals surface area contributed by atoms with E-state index in [0.29, 0.717) is 5.56 Å². The fourth-order valence-electron chi connectivity index (χ4n) is 4.54. The van der Waals surface area contributed by atoms with Crippen LogP contribution in [0.25, 0.3) is 0 Å². The number of hydrogen-bond donors (Lipinski definition) is 0. The van der Waals surface area contributed by atoms with Gasteiger partial charge in [-0.05, 0) is 63.3 Å². The van der Waals surface area contributed by atoms with Crippen LogP contribution < -0.4 is 4.74 Å². The first kappa shape index (κ1) is 19.0. The van der Waals surface area contributed by atoms with Gasteiger partial charge < -0.3 is 14.2 Å². The molecule has 0 bridgehead atoms. The number of benzene rings is 2. The summed E-state index contributed by atoms with van der Waals surface area (Å²) in [4.78, 5) is 12.0. The second-order valence-corrected chi connectivity index (χ2v) is 8.34. The average molecular weight is 380 g/mol. The number of aryl methyl sites for hydroxylation is 1. The predicted molar refractivity (Wildman–Crippen MR) is 108 cm³/mol. The van der Waals surface area contributed by atoms with Crippen molar-refractivity contribution in [3.05, 3.63) is 65.2 Å². The van der Waals surface area contributed by atoms with Crippen LogP contribution in [0.1, 0.15) is 60.7 Å². The molecule has 0 aromatic heterocycles. The van der Waals surface area contributed by atoms with E-state index in [4.69, 9.17) is 14.2 Å². The molecule has 1 fully saturated rings. The van der Waals surface area contributed by atoms with Gasteiger partial charge in [-0.15, -0.1) is 0 Å². The summed E-state index contributed by atoms with van der Waals surface area (Å²) in [5, 5.41) is 0. The summed E-state index contributed by atoms with van der Waals surface area (Å²) >= 11 is 0. The number of carbonyl (C=O) groups is 1. The molecule has 1 saturated heterocycles. The Balaban J connectivity index is 1.57. The lowest BCUT2D eigenvalue weighted by Crippen LogP contribution is -2.48. The van der Waals surface area contributed by atoms with Gasteiger partial charge in [0.05, 0.1) is 24.9 Å². The summed E-state index contributed by atoms with van der Waals surface area (Å²) in [6.07, 6.45) is 4.26. The molecule has 3 atom stereocenters. The Morgan fingerprint density at radius 1 is 1.14 bits per heavy atom. The highest BCUT2D eigenvalue weighted by molar-refractivity contribution is 5.89. The number of fused-ring (bicyclic) bond motifs is 3. The number of rotatable bonds is 4. The van der Waals surface area contributed by atoms with Crippen molar-refractivity contribution in [2.75, 3.05) is 7.11 Å². The van der Waals surface area contributed by atoms with Gasteiger partial charge in [0.15, 0.2) is 0 Å². The third-order valence-electron chi connectivity index (χ3n) is 6.11. The molecule has 0 saturated carbocycles. The van der Waals surface area contributed by atoms with Crippen LogP contribution in [0.3, 0.4) is 0 Å². The van der Waals surface area contributed by atoms with E-state index in [2.05, 4.69) is 38.1 Å². The zero-order valence-electron chi connectivity index (χ0n) is 16.8. The number of hydrogen-bond acceptors (Lipinski definition) is 4. The molecule has 4 rings (SSSR count). The SMILES string of the molecule is COC(=O)c1ccc2c(c1)[C@H]1O[C@@H](CCc3ccccc3)CC[C@@H]1C(C)(C)O2. The Labute approximate surface area is 166 Å². The molecule has 2 aromatic carbocycles. The van der Waals surface area contributed by atoms with Crippen molar-refractivity contribution in [2.45, 2.75) is 57.3 Å². The van der Waals surface area contributed by atoms with Crippen molar-refractivity contribution in [1.82, 2.24) is 0 Å². The molecule has 4 heteroatoms. The number of carbonyl (C=O) groups excluding carboxylic acids is 1. The number of esters is 1. The second kappa shape index (κ2) is 7.59. The molecule has 148 valence electrons. The van der Waals surface area contributed by atoms with Crippen LogP contribution in [-0.2, 0) is 15.9 Å². The molecule has 0 aliphatic carbocycles. The minimum absolute atomic E-state index is 0.0575. The Bertz CT molecular complexity index is 843. The molecule has 0 radical (unpaired) electrons. The lowest BCUT2D eigenvalue weighted by atomic mass is 9.74. The smallest absolute Gasteiger partial charge is 0.337 e. The molecular formula is C24H28O4. The number of ether oxygens (including phenoxy) is 3. The summed E-state index contributed by atoms with van der Waals surface area (Å²) in [6, 6.07) is 16.1. The van der Waals surface area contributed by atoms with E-state index in [-0.39, 0.29) is 29.7 Å². The third kappa shape index (κ3) is 3.66. The highest BCUT2D eigenvalue weighted by Gasteiger charge is 2.47. The highest BCUT2D eigenvalue weighted by atomic mass is 16.5. The van der Waals surface area contributed by atoms with E-state index in [0.717, 1.165) is 37.0 Å². The van der Waals surface area contributed by atoms with Crippen LogP contribution in [0.2, 0.25) is 0 Å². The van der Waals surface area contributed by atoms with E-state index >= 15 is 0 Å². The molecule has 2 aliphatic heterocycles. The Hall–Kier alpha value is -2.33. The molecule has 4 nitrogen and oxygen atoms in total. The van der Waals surface area contributed by atoms with Crippen LogP contribution in [0.4, 0.5) is 0 Å².